The molecule has 0 aliphatic carbocycles. The Kier molecular flexibility index (Phi) is 8.58. The summed E-state index contributed by atoms with van der Waals surface area (Å²) in [5.74, 6) is -0.514. The number of thiophene rings is 1. The largest absolute Gasteiger partial charge is 0.349 e. The zero-order chi connectivity index (χ0) is 23.1. The smallest absolute Gasteiger partial charge is 0.262 e. The van der Waals surface area contributed by atoms with Gasteiger partial charge in [0.1, 0.15) is 11.9 Å². The number of hydrogen-bond donors (Lipinski definition) is 2. The Bertz CT molecular complexity index is 909. The molecule has 0 radical (unpaired) electrons. The normalized spacial score (nSPS) is 15.2. The summed E-state index contributed by atoms with van der Waals surface area (Å²) in [6.07, 6.45) is 1.46. The fourth-order valence-electron chi connectivity index (χ4n) is 3.90. The maximum atomic E-state index is 13.2. The topological polar surface area (TPSA) is 64.7 Å². The molecule has 2 N–H and O–H groups in total. The number of nitrogens with zero attached hydrogens (tertiary/aromatic N) is 2. The number of carbonyl (C=O) groups is 2. The van der Waals surface area contributed by atoms with Crippen LogP contribution in [0.25, 0.3) is 0 Å². The Morgan fingerprint density at radius 2 is 1.84 bits per heavy atom. The molecular weight excluding hydrogens is 447 g/mol. The summed E-state index contributed by atoms with van der Waals surface area (Å²) < 4.78 is 13.1. The molecule has 1 saturated heterocycles. The number of thiocarbonyl (C=S) groups is 1. The lowest BCUT2D eigenvalue weighted by Crippen LogP contribution is -2.55. The molecule has 0 spiro atoms. The first-order valence-electron chi connectivity index (χ1n) is 10.9. The molecule has 32 heavy (non-hydrogen) atoms. The summed E-state index contributed by atoms with van der Waals surface area (Å²) in [4.78, 5) is 30.4. The highest BCUT2D eigenvalue weighted by atomic mass is 32.1. The molecule has 1 aliphatic rings. The van der Waals surface area contributed by atoms with Gasteiger partial charge in [0.2, 0.25) is 5.91 Å². The summed E-state index contributed by atoms with van der Waals surface area (Å²) in [5.41, 5.74) is 0.733. The van der Waals surface area contributed by atoms with Crippen molar-refractivity contribution >= 4 is 46.2 Å². The van der Waals surface area contributed by atoms with Crippen LogP contribution in [0.1, 0.15) is 36.4 Å². The molecule has 9 heteroatoms. The third kappa shape index (κ3) is 6.04. The van der Waals surface area contributed by atoms with Crippen molar-refractivity contribution in [3.8, 4) is 0 Å². The minimum absolute atomic E-state index is 0.0249. The van der Waals surface area contributed by atoms with Crippen LogP contribution >= 0.6 is 23.6 Å². The minimum Gasteiger partial charge on any atom is -0.349 e. The SMILES string of the molecule is CCN(CC)C(=O)[C@@H](NC(=O)c1cccs1)C1CCN(C(=S)Nc2ccc(F)cc2)CC1. The third-order valence-electron chi connectivity index (χ3n) is 5.77. The fraction of sp³-hybridized carbons (Fsp3) is 0.435. The van der Waals surface area contributed by atoms with Crippen LogP contribution in [-0.2, 0) is 4.79 Å². The summed E-state index contributed by atoms with van der Waals surface area (Å²) in [6, 6.07) is 9.09. The summed E-state index contributed by atoms with van der Waals surface area (Å²) >= 11 is 6.89. The van der Waals surface area contributed by atoms with Crippen LogP contribution in [0.5, 0.6) is 0 Å². The van der Waals surface area contributed by atoms with Gasteiger partial charge in [0.05, 0.1) is 4.88 Å². The summed E-state index contributed by atoms with van der Waals surface area (Å²) in [7, 11) is 0. The van der Waals surface area contributed by atoms with Gasteiger partial charge >= 0.3 is 0 Å². The first-order chi connectivity index (χ1) is 15.4. The molecule has 1 fully saturated rings. The fourth-order valence-corrected chi connectivity index (χ4v) is 4.83. The Labute approximate surface area is 197 Å². The first-order valence-corrected chi connectivity index (χ1v) is 12.2. The van der Waals surface area contributed by atoms with E-state index in [-0.39, 0.29) is 23.5 Å². The lowest BCUT2D eigenvalue weighted by Gasteiger charge is -2.38. The molecule has 0 unspecified atom stereocenters. The van der Waals surface area contributed by atoms with Crippen molar-refractivity contribution in [1.29, 1.82) is 0 Å². The summed E-state index contributed by atoms with van der Waals surface area (Å²) in [5, 5.41) is 8.57. The Morgan fingerprint density at radius 1 is 1.19 bits per heavy atom. The Morgan fingerprint density at radius 3 is 2.41 bits per heavy atom. The Balaban J connectivity index is 1.64. The number of benzene rings is 1. The van der Waals surface area contributed by atoms with E-state index in [4.69, 9.17) is 12.2 Å². The zero-order valence-corrected chi connectivity index (χ0v) is 20.0. The van der Waals surface area contributed by atoms with E-state index >= 15 is 0 Å². The molecule has 6 nitrogen and oxygen atoms in total. The minimum atomic E-state index is -0.565. The number of likely N-dealkylation sites (N-methyl/N-ethyl adjacent to an activating group) is 1. The molecule has 2 aromatic rings. The van der Waals surface area contributed by atoms with Gasteiger partial charge in [-0.25, -0.2) is 4.39 Å². The predicted molar refractivity (Wildman–Crippen MR) is 130 cm³/mol. The van der Waals surface area contributed by atoms with Crippen LogP contribution in [0.2, 0.25) is 0 Å². The van der Waals surface area contributed by atoms with Crippen molar-refractivity contribution < 1.29 is 14.0 Å². The highest BCUT2D eigenvalue weighted by molar-refractivity contribution is 7.80. The van der Waals surface area contributed by atoms with Gasteiger partial charge < -0.3 is 20.4 Å². The molecule has 2 heterocycles. The van der Waals surface area contributed by atoms with Gasteiger partial charge in [-0.15, -0.1) is 11.3 Å². The molecule has 1 aliphatic heterocycles. The first kappa shape index (κ1) is 24.1. The van der Waals surface area contributed by atoms with Crippen molar-refractivity contribution in [1.82, 2.24) is 15.1 Å². The average Bonchev–Trinajstić information content (AvgIpc) is 3.35. The lowest BCUT2D eigenvalue weighted by molar-refractivity contribution is -0.134. The second-order valence-electron chi connectivity index (χ2n) is 7.70. The van der Waals surface area contributed by atoms with Crippen molar-refractivity contribution in [2.45, 2.75) is 32.7 Å². The van der Waals surface area contributed by atoms with Crippen LogP contribution in [0.3, 0.4) is 0 Å². The molecule has 3 rings (SSSR count). The van der Waals surface area contributed by atoms with Gasteiger partial charge in [-0.2, -0.15) is 0 Å². The van der Waals surface area contributed by atoms with Gasteiger partial charge in [0.25, 0.3) is 5.91 Å². The highest BCUT2D eigenvalue weighted by Gasteiger charge is 2.35. The van der Waals surface area contributed by atoms with E-state index in [0.717, 1.165) is 18.5 Å². The molecule has 1 aromatic carbocycles. The number of piperidine rings is 1. The highest BCUT2D eigenvalue weighted by Crippen LogP contribution is 2.24. The second kappa shape index (κ2) is 11.4. The van der Waals surface area contributed by atoms with E-state index in [1.165, 1.54) is 23.5 Å². The van der Waals surface area contributed by atoms with E-state index in [1.807, 2.05) is 25.3 Å². The van der Waals surface area contributed by atoms with Crippen LogP contribution in [0.15, 0.2) is 41.8 Å². The predicted octanol–water partition coefficient (Wildman–Crippen LogP) is 3.96. The Hall–Kier alpha value is -2.52. The molecule has 172 valence electrons. The van der Waals surface area contributed by atoms with E-state index < -0.39 is 6.04 Å². The molecular formula is C23H29FN4O2S2. The maximum Gasteiger partial charge on any atom is 0.262 e. The van der Waals surface area contributed by atoms with Gasteiger partial charge in [0, 0.05) is 31.9 Å². The van der Waals surface area contributed by atoms with E-state index in [0.29, 0.717) is 36.2 Å². The van der Waals surface area contributed by atoms with Crippen molar-refractivity contribution in [3.63, 3.8) is 0 Å². The van der Waals surface area contributed by atoms with E-state index in [1.54, 1.807) is 23.1 Å². The van der Waals surface area contributed by atoms with Crippen molar-refractivity contribution in [2.24, 2.45) is 5.92 Å². The van der Waals surface area contributed by atoms with Crippen LogP contribution in [-0.4, -0.2) is 58.9 Å². The summed E-state index contributed by atoms with van der Waals surface area (Å²) in [6.45, 7) is 6.45. The zero-order valence-electron chi connectivity index (χ0n) is 18.3. The monoisotopic (exact) mass is 476 g/mol. The number of likely N-dealkylation sites (tertiary alicyclic amines) is 1. The standard InChI is InChI=1S/C23H29FN4O2S2/c1-3-27(4-2)22(30)20(26-21(29)19-6-5-15-32-19)16-11-13-28(14-12-16)23(31)25-18-9-7-17(24)8-10-18/h5-10,15-16,20H,3-4,11-14H2,1-2H3,(H,25,31)(H,26,29)/t20-/m0/s1. The van der Waals surface area contributed by atoms with Crippen LogP contribution in [0.4, 0.5) is 10.1 Å². The van der Waals surface area contributed by atoms with Gasteiger partial charge in [-0.1, -0.05) is 6.07 Å². The number of amides is 2. The van der Waals surface area contributed by atoms with E-state index in [2.05, 4.69) is 15.5 Å². The second-order valence-corrected chi connectivity index (χ2v) is 9.03. The number of hydrogen-bond acceptors (Lipinski definition) is 4. The number of anilines is 1. The number of carbonyl (C=O) groups excluding carboxylic acids is 2. The van der Waals surface area contributed by atoms with Crippen LogP contribution < -0.4 is 10.6 Å². The van der Waals surface area contributed by atoms with Crippen molar-refractivity contribution in [3.05, 3.63) is 52.5 Å². The molecule has 1 atom stereocenters. The van der Waals surface area contributed by atoms with Crippen molar-refractivity contribution in [2.75, 3.05) is 31.5 Å². The van der Waals surface area contributed by atoms with Gasteiger partial charge in [-0.3, -0.25) is 9.59 Å². The average molecular weight is 477 g/mol. The maximum absolute atomic E-state index is 13.2. The van der Waals surface area contributed by atoms with Crippen LogP contribution in [0, 0.1) is 11.7 Å². The molecule has 0 bridgehead atoms. The molecule has 1 aromatic heterocycles. The van der Waals surface area contributed by atoms with Gasteiger partial charge in [0.15, 0.2) is 5.11 Å². The molecule has 2 amide bonds. The van der Waals surface area contributed by atoms with Gasteiger partial charge in [-0.05, 0) is 80.5 Å². The quantitative estimate of drug-likeness (QED) is 0.592. The number of rotatable bonds is 7. The lowest BCUT2D eigenvalue weighted by atomic mass is 9.88. The number of halogens is 1. The third-order valence-corrected chi connectivity index (χ3v) is 7.00. The van der Waals surface area contributed by atoms with E-state index in [9.17, 15) is 14.0 Å². The number of nitrogens with one attached hydrogen (secondary N) is 2. The molecule has 0 saturated carbocycles.